The van der Waals surface area contributed by atoms with E-state index in [1.807, 2.05) is 24.5 Å². The minimum Gasteiger partial charge on any atom is -0.378 e. The fourth-order valence-corrected chi connectivity index (χ4v) is 4.73. The van der Waals surface area contributed by atoms with Gasteiger partial charge in [-0.05, 0) is 42.8 Å². The normalized spacial score (nSPS) is 18.2. The van der Waals surface area contributed by atoms with Gasteiger partial charge in [0.1, 0.15) is 0 Å². The number of nitrogens with one attached hydrogen (secondary N) is 3. The summed E-state index contributed by atoms with van der Waals surface area (Å²) in [5.41, 5.74) is 4.97. The van der Waals surface area contributed by atoms with Gasteiger partial charge in [-0.2, -0.15) is 9.97 Å². The Morgan fingerprint density at radius 2 is 1.83 bits per heavy atom. The van der Waals surface area contributed by atoms with Gasteiger partial charge in [0.25, 0.3) is 0 Å². The van der Waals surface area contributed by atoms with Crippen LogP contribution in [0.3, 0.4) is 0 Å². The average Bonchev–Trinajstić information content (AvgIpc) is 3.59. The fourth-order valence-electron chi connectivity index (χ4n) is 4.73. The maximum atomic E-state index is 5.47. The molecule has 0 saturated carbocycles. The van der Waals surface area contributed by atoms with Gasteiger partial charge in [0.15, 0.2) is 17.0 Å². The molecule has 180 valence electrons. The number of ether oxygens (including phenoxy) is 1. The van der Waals surface area contributed by atoms with E-state index in [-0.39, 0.29) is 0 Å². The van der Waals surface area contributed by atoms with Crippen LogP contribution in [0.15, 0.2) is 60.9 Å². The van der Waals surface area contributed by atoms with Crippen LogP contribution < -0.4 is 20.9 Å². The highest BCUT2D eigenvalue weighted by atomic mass is 16.5. The molecule has 2 aliphatic rings. The van der Waals surface area contributed by atoms with E-state index in [0.29, 0.717) is 18.5 Å². The predicted octanol–water partition coefficient (Wildman–Crippen LogP) is 3.55. The van der Waals surface area contributed by atoms with Crippen molar-refractivity contribution in [2.24, 2.45) is 0 Å². The van der Waals surface area contributed by atoms with Gasteiger partial charge in [-0.3, -0.25) is 0 Å². The summed E-state index contributed by atoms with van der Waals surface area (Å²) in [6, 6.07) is 19.1. The largest absolute Gasteiger partial charge is 0.378 e. The Morgan fingerprint density at radius 3 is 2.60 bits per heavy atom. The first-order valence-corrected chi connectivity index (χ1v) is 12.3. The molecule has 0 spiro atoms. The first-order valence-electron chi connectivity index (χ1n) is 12.3. The molecule has 9 heteroatoms. The Kier molecular flexibility index (Phi) is 6.17. The van der Waals surface area contributed by atoms with Crippen LogP contribution in [0.5, 0.6) is 0 Å². The molecule has 2 aromatic carbocycles. The molecule has 0 bridgehead atoms. The van der Waals surface area contributed by atoms with Gasteiger partial charge in [0.2, 0.25) is 5.95 Å². The second kappa shape index (κ2) is 9.89. The monoisotopic (exact) mass is 470 g/mol. The zero-order chi connectivity index (χ0) is 23.5. The van der Waals surface area contributed by atoms with Gasteiger partial charge in [-0.15, -0.1) is 0 Å². The molecule has 6 rings (SSSR count). The van der Waals surface area contributed by atoms with Crippen LogP contribution in [0.4, 0.5) is 23.1 Å². The van der Waals surface area contributed by atoms with Gasteiger partial charge >= 0.3 is 0 Å². The van der Waals surface area contributed by atoms with Crippen molar-refractivity contribution in [3.05, 3.63) is 66.5 Å². The number of fused-ring (bicyclic) bond motifs is 1. The molecule has 0 aliphatic carbocycles. The van der Waals surface area contributed by atoms with Crippen LogP contribution in [-0.4, -0.2) is 58.9 Å². The van der Waals surface area contributed by atoms with Crippen LogP contribution in [-0.2, 0) is 11.3 Å². The van der Waals surface area contributed by atoms with E-state index in [1.54, 1.807) is 0 Å². The van der Waals surface area contributed by atoms with Crippen LogP contribution in [0.1, 0.15) is 18.0 Å². The smallest absolute Gasteiger partial charge is 0.231 e. The summed E-state index contributed by atoms with van der Waals surface area (Å²) in [5, 5.41) is 10.3. The third kappa shape index (κ3) is 4.78. The second-order valence-electron chi connectivity index (χ2n) is 8.98. The number of rotatable bonds is 7. The van der Waals surface area contributed by atoms with Gasteiger partial charge in [-0.1, -0.05) is 30.3 Å². The lowest BCUT2D eigenvalue weighted by molar-refractivity contribution is 0.122. The van der Waals surface area contributed by atoms with E-state index in [1.165, 1.54) is 11.3 Å². The van der Waals surface area contributed by atoms with Crippen molar-refractivity contribution in [3.8, 4) is 0 Å². The Bertz CT molecular complexity index is 1260. The molecule has 2 saturated heterocycles. The third-order valence-corrected chi connectivity index (χ3v) is 6.65. The molecule has 0 amide bonds. The summed E-state index contributed by atoms with van der Waals surface area (Å²) in [5.74, 6) is 1.29. The van der Waals surface area contributed by atoms with E-state index in [2.05, 4.69) is 61.8 Å². The number of nitrogens with zero attached hydrogens (tertiary/aromatic N) is 5. The number of hydrogen-bond donors (Lipinski definition) is 3. The summed E-state index contributed by atoms with van der Waals surface area (Å²) in [6.45, 7) is 5.99. The minimum absolute atomic E-state index is 0.345. The zero-order valence-electron chi connectivity index (χ0n) is 19.7. The Morgan fingerprint density at radius 1 is 1.00 bits per heavy atom. The number of anilines is 4. The predicted molar refractivity (Wildman–Crippen MR) is 138 cm³/mol. The van der Waals surface area contributed by atoms with Crippen LogP contribution in [0.25, 0.3) is 11.2 Å². The summed E-state index contributed by atoms with van der Waals surface area (Å²) in [4.78, 5) is 16.7. The number of benzene rings is 2. The minimum atomic E-state index is 0.345. The van der Waals surface area contributed by atoms with Crippen molar-refractivity contribution in [1.82, 2.24) is 24.8 Å². The number of morpholine rings is 1. The van der Waals surface area contributed by atoms with Crippen molar-refractivity contribution in [3.63, 3.8) is 0 Å². The highest BCUT2D eigenvalue weighted by molar-refractivity contribution is 5.85. The maximum Gasteiger partial charge on any atom is 0.231 e. The molecule has 0 unspecified atom stereocenters. The Balaban J connectivity index is 1.29. The molecule has 2 aliphatic heterocycles. The number of aromatic nitrogens is 4. The Labute approximate surface area is 204 Å². The summed E-state index contributed by atoms with van der Waals surface area (Å²) >= 11 is 0. The van der Waals surface area contributed by atoms with Crippen molar-refractivity contribution in [2.45, 2.75) is 19.0 Å². The standard InChI is InChI=1S/C26H30N8O/c1-2-4-19(5-3-1)16-28-24-23-25(34(18-29-23)22-10-11-27-17-22)32-26(31-24)30-20-6-8-21(9-7-20)33-12-14-35-15-13-33/h1-9,18,22,27H,10-17H2,(H2,28,30,31,32)/t22-/m1/s1. The van der Waals surface area contributed by atoms with Crippen molar-refractivity contribution in [2.75, 3.05) is 54.9 Å². The Hall–Kier alpha value is -3.69. The topological polar surface area (TPSA) is 92.2 Å². The van der Waals surface area contributed by atoms with Gasteiger partial charge in [0, 0.05) is 37.6 Å². The zero-order valence-corrected chi connectivity index (χ0v) is 19.7. The average molecular weight is 471 g/mol. The molecule has 4 heterocycles. The number of imidazole rings is 1. The molecular formula is C26H30N8O. The van der Waals surface area contributed by atoms with Crippen LogP contribution in [0.2, 0.25) is 0 Å². The van der Waals surface area contributed by atoms with Crippen molar-refractivity contribution in [1.29, 1.82) is 0 Å². The lowest BCUT2D eigenvalue weighted by atomic mass is 10.2. The molecule has 4 aromatic rings. The van der Waals surface area contributed by atoms with Gasteiger partial charge in [-0.25, -0.2) is 4.98 Å². The molecule has 9 nitrogen and oxygen atoms in total. The molecule has 3 N–H and O–H groups in total. The maximum absolute atomic E-state index is 5.47. The fraction of sp³-hybridized carbons (Fsp3) is 0.346. The van der Waals surface area contributed by atoms with Crippen LogP contribution >= 0.6 is 0 Å². The second-order valence-corrected chi connectivity index (χ2v) is 8.98. The SMILES string of the molecule is c1ccc(CNc2nc(Nc3ccc(N4CCOCC4)cc3)nc3c2ncn3[C@@H]2CCNC2)cc1. The molecule has 2 aromatic heterocycles. The highest BCUT2D eigenvalue weighted by Gasteiger charge is 2.22. The van der Waals surface area contributed by atoms with E-state index >= 15 is 0 Å². The van der Waals surface area contributed by atoms with E-state index < -0.39 is 0 Å². The first-order chi connectivity index (χ1) is 17.3. The lowest BCUT2D eigenvalue weighted by Crippen LogP contribution is -2.36. The summed E-state index contributed by atoms with van der Waals surface area (Å²) < 4.78 is 7.65. The third-order valence-electron chi connectivity index (χ3n) is 6.65. The van der Waals surface area contributed by atoms with E-state index in [9.17, 15) is 0 Å². The first kappa shape index (κ1) is 21.8. The van der Waals surface area contributed by atoms with Crippen molar-refractivity contribution >= 4 is 34.3 Å². The number of hydrogen-bond acceptors (Lipinski definition) is 8. The van der Waals surface area contributed by atoms with E-state index in [0.717, 1.165) is 68.5 Å². The molecular weight excluding hydrogens is 440 g/mol. The molecule has 2 fully saturated rings. The van der Waals surface area contributed by atoms with Gasteiger partial charge in [0.05, 0.1) is 25.6 Å². The molecule has 35 heavy (non-hydrogen) atoms. The summed E-state index contributed by atoms with van der Waals surface area (Å²) in [7, 11) is 0. The van der Waals surface area contributed by atoms with Gasteiger partial charge < -0.3 is 30.2 Å². The van der Waals surface area contributed by atoms with Crippen LogP contribution in [0, 0.1) is 0 Å². The molecule has 0 radical (unpaired) electrons. The lowest BCUT2D eigenvalue weighted by Gasteiger charge is -2.28. The highest BCUT2D eigenvalue weighted by Crippen LogP contribution is 2.28. The molecule has 1 atom stereocenters. The quantitative estimate of drug-likeness (QED) is 0.378. The summed E-state index contributed by atoms with van der Waals surface area (Å²) in [6.07, 6.45) is 2.96. The van der Waals surface area contributed by atoms with Crippen molar-refractivity contribution < 1.29 is 4.74 Å². The van der Waals surface area contributed by atoms with E-state index in [4.69, 9.17) is 19.7 Å².